The number of aryl methyl sites for hydroxylation is 2. The molecule has 4 aromatic rings. The van der Waals surface area contributed by atoms with Crippen molar-refractivity contribution in [2.24, 2.45) is 0 Å². The van der Waals surface area contributed by atoms with Gasteiger partial charge in [-0.15, -0.1) is 0 Å². The van der Waals surface area contributed by atoms with Crippen LogP contribution in [0.2, 0.25) is 0 Å². The van der Waals surface area contributed by atoms with Crippen LogP contribution in [-0.4, -0.2) is 33.4 Å². The van der Waals surface area contributed by atoms with Crippen molar-refractivity contribution in [3.8, 4) is 11.5 Å². The fourth-order valence-corrected chi connectivity index (χ4v) is 3.99. The SMILES string of the molecule is Cc1ccc(Oc2ccc(Nc3ncnc4ccc(NC(=O)[C@H]5CCCN5)cc34)cc2C)cn1. The second-order valence-electron chi connectivity index (χ2n) is 8.44. The van der Waals surface area contributed by atoms with Gasteiger partial charge in [0.15, 0.2) is 0 Å². The summed E-state index contributed by atoms with van der Waals surface area (Å²) in [4.78, 5) is 25.6. The predicted octanol–water partition coefficient (Wildman–Crippen LogP) is 4.87. The molecular weight excluding hydrogens is 428 g/mol. The maximum absolute atomic E-state index is 12.5. The van der Waals surface area contributed by atoms with E-state index in [2.05, 4.69) is 30.9 Å². The quantitative estimate of drug-likeness (QED) is 0.382. The van der Waals surface area contributed by atoms with Gasteiger partial charge in [0.1, 0.15) is 23.6 Å². The summed E-state index contributed by atoms with van der Waals surface area (Å²) in [7, 11) is 0. The first-order chi connectivity index (χ1) is 16.5. The molecule has 1 saturated heterocycles. The predicted molar refractivity (Wildman–Crippen MR) is 133 cm³/mol. The zero-order valence-electron chi connectivity index (χ0n) is 19.1. The number of amides is 1. The first-order valence-corrected chi connectivity index (χ1v) is 11.3. The van der Waals surface area contributed by atoms with Crippen LogP contribution in [0.25, 0.3) is 10.9 Å². The maximum atomic E-state index is 12.5. The minimum Gasteiger partial charge on any atom is -0.455 e. The number of hydrogen-bond donors (Lipinski definition) is 3. The number of carbonyl (C=O) groups is 1. The summed E-state index contributed by atoms with van der Waals surface area (Å²) in [6.07, 6.45) is 5.12. The van der Waals surface area contributed by atoms with Gasteiger partial charge >= 0.3 is 0 Å². The summed E-state index contributed by atoms with van der Waals surface area (Å²) in [5.74, 6) is 2.10. The third kappa shape index (κ3) is 4.82. The lowest BCUT2D eigenvalue weighted by Crippen LogP contribution is -2.35. The molecule has 172 valence electrons. The molecule has 3 N–H and O–H groups in total. The monoisotopic (exact) mass is 454 g/mol. The van der Waals surface area contributed by atoms with Crippen molar-refractivity contribution >= 4 is 34.0 Å². The van der Waals surface area contributed by atoms with Gasteiger partial charge in [-0.1, -0.05) is 0 Å². The minimum atomic E-state index is -0.139. The van der Waals surface area contributed by atoms with Crippen molar-refractivity contribution in [2.75, 3.05) is 17.2 Å². The Morgan fingerprint density at radius 2 is 1.91 bits per heavy atom. The largest absolute Gasteiger partial charge is 0.455 e. The highest BCUT2D eigenvalue weighted by atomic mass is 16.5. The maximum Gasteiger partial charge on any atom is 0.241 e. The van der Waals surface area contributed by atoms with Crippen molar-refractivity contribution in [3.63, 3.8) is 0 Å². The molecule has 1 amide bonds. The highest BCUT2D eigenvalue weighted by Crippen LogP contribution is 2.30. The smallest absolute Gasteiger partial charge is 0.241 e. The Balaban J connectivity index is 1.35. The normalized spacial score (nSPS) is 15.3. The standard InChI is InChI=1S/C26H26N6O2/c1-16-12-18(7-10-24(16)34-20-8-5-17(2)28-14-20)31-25-21-13-19(6-9-22(21)29-15-30-25)32-26(33)23-4-3-11-27-23/h5-10,12-15,23,27H,3-4,11H2,1-2H3,(H,32,33)(H,29,30,31)/t23-/m1/s1. The van der Waals surface area contributed by atoms with Crippen LogP contribution in [0.3, 0.4) is 0 Å². The van der Waals surface area contributed by atoms with Crippen LogP contribution >= 0.6 is 0 Å². The summed E-state index contributed by atoms with van der Waals surface area (Å²) in [6, 6.07) is 15.2. The number of fused-ring (bicyclic) bond motifs is 1. The molecule has 0 radical (unpaired) electrons. The van der Waals surface area contributed by atoms with Crippen molar-refractivity contribution < 1.29 is 9.53 Å². The Morgan fingerprint density at radius 3 is 2.68 bits per heavy atom. The number of nitrogens with zero attached hydrogens (tertiary/aromatic N) is 3. The molecule has 1 atom stereocenters. The van der Waals surface area contributed by atoms with Gasteiger partial charge < -0.3 is 20.7 Å². The van der Waals surface area contributed by atoms with Gasteiger partial charge in [-0.05, 0) is 87.3 Å². The molecule has 2 aromatic carbocycles. The van der Waals surface area contributed by atoms with Gasteiger partial charge in [0, 0.05) is 22.5 Å². The van der Waals surface area contributed by atoms with Gasteiger partial charge in [0.25, 0.3) is 0 Å². The molecule has 1 aliphatic heterocycles. The van der Waals surface area contributed by atoms with E-state index >= 15 is 0 Å². The van der Waals surface area contributed by atoms with Gasteiger partial charge in [0.2, 0.25) is 5.91 Å². The summed E-state index contributed by atoms with van der Waals surface area (Å²) < 4.78 is 5.97. The average Bonchev–Trinajstić information content (AvgIpc) is 3.38. The lowest BCUT2D eigenvalue weighted by molar-refractivity contribution is -0.117. The molecular formula is C26H26N6O2. The Kier molecular flexibility index (Phi) is 6.05. The average molecular weight is 455 g/mol. The fourth-order valence-electron chi connectivity index (χ4n) is 3.99. The van der Waals surface area contributed by atoms with E-state index in [-0.39, 0.29) is 11.9 Å². The summed E-state index contributed by atoms with van der Waals surface area (Å²) in [6.45, 7) is 4.81. The molecule has 8 nitrogen and oxygen atoms in total. The Bertz CT molecular complexity index is 1330. The van der Waals surface area contributed by atoms with E-state index in [4.69, 9.17) is 4.74 Å². The third-order valence-corrected chi connectivity index (χ3v) is 5.83. The number of carbonyl (C=O) groups excluding carboxylic acids is 1. The van der Waals surface area contributed by atoms with Gasteiger partial charge in [-0.3, -0.25) is 9.78 Å². The molecule has 1 aliphatic rings. The molecule has 5 rings (SSSR count). The summed E-state index contributed by atoms with van der Waals surface area (Å²) in [5, 5.41) is 10.4. The van der Waals surface area contributed by atoms with E-state index in [9.17, 15) is 4.79 Å². The number of rotatable bonds is 6. The molecule has 3 heterocycles. The van der Waals surface area contributed by atoms with E-state index in [1.165, 1.54) is 6.33 Å². The van der Waals surface area contributed by atoms with Crippen LogP contribution in [0.5, 0.6) is 11.5 Å². The van der Waals surface area contributed by atoms with E-state index in [1.54, 1.807) is 6.20 Å². The van der Waals surface area contributed by atoms with Crippen molar-refractivity contribution in [2.45, 2.75) is 32.7 Å². The zero-order valence-corrected chi connectivity index (χ0v) is 19.1. The number of anilines is 3. The number of pyridine rings is 1. The highest BCUT2D eigenvalue weighted by Gasteiger charge is 2.22. The Labute approximate surface area is 197 Å². The molecule has 0 saturated carbocycles. The Hall–Kier alpha value is -4.04. The minimum absolute atomic E-state index is 0.0156. The molecule has 2 aromatic heterocycles. The molecule has 1 fully saturated rings. The second-order valence-corrected chi connectivity index (χ2v) is 8.44. The number of hydrogen-bond acceptors (Lipinski definition) is 7. The van der Waals surface area contributed by atoms with Crippen LogP contribution in [0.15, 0.2) is 61.1 Å². The van der Waals surface area contributed by atoms with Crippen LogP contribution in [-0.2, 0) is 4.79 Å². The van der Waals surface area contributed by atoms with Crippen LogP contribution in [0.4, 0.5) is 17.2 Å². The Morgan fingerprint density at radius 1 is 1.03 bits per heavy atom. The van der Waals surface area contributed by atoms with Crippen LogP contribution < -0.4 is 20.7 Å². The molecule has 8 heteroatoms. The van der Waals surface area contributed by atoms with Crippen molar-refractivity contribution in [3.05, 3.63) is 72.3 Å². The first kappa shape index (κ1) is 21.8. The van der Waals surface area contributed by atoms with Crippen molar-refractivity contribution in [1.82, 2.24) is 20.3 Å². The number of nitrogens with one attached hydrogen (secondary N) is 3. The van der Waals surface area contributed by atoms with E-state index in [0.29, 0.717) is 11.6 Å². The van der Waals surface area contributed by atoms with E-state index < -0.39 is 0 Å². The van der Waals surface area contributed by atoms with E-state index in [0.717, 1.165) is 58.7 Å². The zero-order chi connectivity index (χ0) is 23.5. The second kappa shape index (κ2) is 9.44. The van der Waals surface area contributed by atoms with Gasteiger partial charge in [0.05, 0.1) is 17.8 Å². The number of benzene rings is 2. The molecule has 0 spiro atoms. The van der Waals surface area contributed by atoms with Crippen LogP contribution in [0, 0.1) is 13.8 Å². The number of aromatic nitrogens is 3. The molecule has 0 unspecified atom stereocenters. The van der Waals surface area contributed by atoms with E-state index in [1.807, 2.05) is 62.4 Å². The fraction of sp³-hybridized carbons (Fsp3) is 0.231. The first-order valence-electron chi connectivity index (χ1n) is 11.3. The van der Waals surface area contributed by atoms with Gasteiger partial charge in [-0.2, -0.15) is 0 Å². The van der Waals surface area contributed by atoms with Crippen molar-refractivity contribution in [1.29, 1.82) is 0 Å². The number of ether oxygens (including phenoxy) is 1. The topological polar surface area (TPSA) is 101 Å². The third-order valence-electron chi connectivity index (χ3n) is 5.83. The molecule has 0 bridgehead atoms. The highest BCUT2D eigenvalue weighted by molar-refractivity contribution is 5.99. The van der Waals surface area contributed by atoms with Crippen LogP contribution in [0.1, 0.15) is 24.1 Å². The molecule has 34 heavy (non-hydrogen) atoms. The summed E-state index contributed by atoms with van der Waals surface area (Å²) in [5.41, 5.74) is 4.30. The lowest BCUT2D eigenvalue weighted by atomic mass is 10.1. The molecule has 0 aliphatic carbocycles. The lowest BCUT2D eigenvalue weighted by Gasteiger charge is -2.14. The summed E-state index contributed by atoms with van der Waals surface area (Å²) >= 11 is 0. The van der Waals surface area contributed by atoms with Gasteiger partial charge in [-0.25, -0.2) is 9.97 Å².